The van der Waals surface area contributed by atoms with E-state index in [4.69, 9.17) is 9.84 Å². The van der Waals surface area contributed by atoms with Crippen LogP contribution in [-0.4, -0.2) is 47.2 Å². The van der Waals surface area contributed by atoms with Crippen LogP contribution < -0.4 is 0 Å². The number of morpholine rings is 1. The summed E-state index contributed by atoms with van der Waals surface area (Å²) in [5.41, 5.74) is 0. The summed E-state index contributed by atoms with van der Waals surface area (Å²) in [5.74, 6) is -0.741. The fourth-order valence-corrected chi connectivity index (χ4v) is 2.15. The molecule has 0 saturated carbocycles. The van der Waals surface area contributed by atoms with E-state index in [1.165, 1.54) is 0 Å². The number of rotatable bonds is 4. The van der Waals surface area contributed by atoms with E-state index in [-0.39, 0.29) is 24.5 Å². The molecule has 0 radical (unpaired) electrons. The topological polar surface area (TPSA) is 66.8 Å². The summed E-state index contributed by atoms with van der Waals surface area (Å²) in [6, 6.07) is 0. The van der Waals surface area contributed by atoms with Gasteiger partial charge in [-0.15, -0.1) is 0 Å². The first-order chi connectivity index (χ1) is 8.36. The van der Waals surface area contributed by atoms with Crippen LogP contribution in [0.2, 0.25) is 0 Å². The highest BCUT2D eigenvalue weighted by molar-refractivity contribution is 5.80. The summed E-state index contributed by atoms with van der Waals surface area (Å²) in [5, 5.41) is 8.99. The molecule has 1 fully saturated rings. The zero-order valence-electron chi connectivity index (χ0n) is 11.5. The number of amides is 1. The van der Waals surface area contributed by atoms with E-state index >= 15 is 0 Å². The van der Waals surface area contributed by atoms with E-state index in [0.29, 0.717) is 12.5 Å². The van der Waals surface area contributed by atoms with Gasteiger partial charge in [0.15, 0.2) is 6.10 Å². The van der Waals surface area contributed by atoms with Crippen LogP contribution in [-0.2, 0) is 14.3 Å². The van der Waals surface area contributed by atoms with Crippen LogP contribution in [0.3, 0.4) is 0 Å². The summed E-state index contributed by atoms with van der Waals surface area (Å²) in [7, 11) is 0. The largest absolute Gasteiger partial charge is 0.479 e. The highest BCUT2D eigenvalue weighted by Gasteiger charge is 2.34. The minimum absolute atomic E-state index is 0.0331. The van der Waals surface area contributed by atoms with Crippen molar-refractivity contribution in [2.24, 2.45) is 11.8 Å². The molecule has 1 rings (SSSR count). The molecule has 5 nitrogen and oxygen atoms in total. The van der Waals surface area contributed by atoms with Gasteiger partial charge in [0.25, 0.3) is 0 Å². The number of carboxylic acid groups (broad SMARTS) is 1. The van der Waals surface area contributed by atoms with Gasteiger partial charge in [0, 0.05) is 12.5 Å². The highest BCUT2D eigenvalue weighted by Crippen LogP contribution is 2.20. The van der Waals surface area contributed by atoms with E-state index in [1.54, 1.807) is 11.8 Å². The molecule has 1 amide bonds. The Morgan fingerprint density at radius 2 is 2.00 bits per heavy atom. The number of nitrogens with zero attached hydrogens (tertiary/aromatic N) is 1. The first-order valence-electron chi connectivity index (χ1n) is 6.53. The van der Waals surface area contributed by atoms with Crippen molar-refractivity contribution >= 4 is 11.9 Å². The Bertz CT molecular complexity index is 318. The summed E-state index contributed by atoms with van der Waals surface area (Å²) in [6.07, 6.45) is -0.190. The molecule has 4 atom stereocenters. The average molecular weight is 257 g/mol. The van der Waals surface area contributed by atoms with Crippen LogP contribution in [0.1, 0.15) is 34.1 Å². The zero-order valence-corrected chi connectivity index (χ0v) is 11.5. The Kier molecular flexibility index (Phi) is 5.14. The maximum Gasteiger partial charge on any atom is 0.334 e. The molecular weight excluding hydrogens is 234 g/mol. The van der Waals surface area contributed by atoms with Crippen molar-refractivity contribution in [1.82, 2.24) is 4.90 Å². The molecule has 1 heterocycles. The summed E-state index contributed by atoms with van der Waals surface area (Å²) < 4.78 is 5.30. The molecular formula is C13H23NO4. The highest BCUT2D eigenvalue weighted by atomic mass is 16.5. The molecule has 0 aromatic heterocycles. The van der Waals surface area contributed by atoms with Gasteiger partial charge < -0.3 is 14.7 Å². The number of carbonyl (C=O) groups excluding carboxylic acids is 1. The first kappa shape index (κ1) is 15.0. The molecule has 1 aliphatic rings. The normalized spacial score (nSPS) is 27.7. The number of carbonyl (C=O) groups is 2. The SMILES string of the molecule is CCC(C)C(C)C(=O)N1CC(C(=O)O)O[C@H](C)C1. The minimum atomic E-state index is -1.00. The van der Waals surface area contributed by atoms with E-state index in [2.05, 4.69) is 6.92 Å². The lowest BCUT2D eigenvalue weighted by atomic mass is 9.92. The van der Waals surface area contributed by atoms with Crippen LogP contribution in [0, 0.1) is 11.8 Å². The second-order valence-electron chi connectivity index (χ2n) is 5.19. The fraction of sp³-hybridized carbons (Fsp3) is 0.846. The molecule has 1 saturated heterocycles. The fourth-order valence-electron chi connectivity index (χ4n) is 2.15. The molecule has 0 aromatic rings. The lowest BCUT2D eigenvalue weighted by Crippen LogP contribution is -2.53. The molecule has 1 N–H and O–H groups in total. The molecule has 104 valence electrons. The Hall–Kier alpha value is -1.10. The van der Waals surface area contributed by atoms with Crippen LogP contribution in [0.15, 0.2) is 0 Å². The average Bonchev–Trinajstić information content (AvgIpc) is 2.35. The molecule has 18 heavy (non-hydrogen) atoms. The van der Waals surface area contributed by atoms with Gasteiger partial charge in [0.2, 0.25) is 5.91 Å². The lowest BCUT2D eigenvalue weighted by molar-refractivity contribution is -0.168. The van der Waals surface area contributed by atoms with Crippen LogP contribution in [0.25, 0.3) is 0 Å². The van der Waals surface area contributed by atoms with E-state index < -0.39 is 12.1 Å². The third kappa shape index (κ3) is 3.45. The van der Waals surface area contributed by atoms with Gasteiger partial charge >= 0.3 is 5.97 Å². The quantitative estimate of drug-likeness (QED) is 0.826. The number of ether oxygens (including phenoxy) is 1. The van der Waals surface area contributed by atoms with Crippen molar-refractivity contribution in [1.29, 1.82) is 0 Å². The summed E-state index contributed by atoms with van der Waals surface area (Å²) in [6.45, 7) is 8.43. The summed E-state index contributed by atoms with van der Waals surface area (Å²) >= 11 is 0. The Labute approximate surface area is 108 Å². The Morgan fingerprint density at radius 1 is 1.39 bits per heavy atom. The zero-order chi connectivity index (χ0) is 13.9. The lowest BCUT2D eigenvalue weighted by Gasteiger charge is -2.37. The number of aliphatic carboxylic acids is 1. The number of carboxylic acids is 1. The smallest absolute Gasteiger partial charge is 0.334 e. The van der Waals surface area contributed by atoms with Crippen molar-refractivity contribution in [3.05, 3.63) is 0 Å². The van der Waals surface area contributed by atoms with Crippen molar-refractivity contribution in [2.75, 3.05) is 13.1 Å². The van der Waals surface area contributed by atoms with Gasteiger partial charge in [-0.3, -0.25) is 4.79 Å². The van der Waals surface area contributed by atoms with Crippen LogP contribution in [0.4, 0.5) is 0 Å². The predicted molar refractivity (Wildman–Crippen MR) is 67.2 cm³/mol. The number of hydrogen-bond donors (Lipinski definition) is 1. The third-order valence-corrected chi connectivity index (χ3v) is 3.73. The van der Waals surface area contributed by atoms with Crippen LogP contribution >= 0.6 is 0 Å². The van der Waals surface area contributed by atoms with E-state index in [1.807, 2.05) is 13.8 Å². The Morgan fingerprint density at radius 3 is 2.50 bits per heavy atom. The van der Waals surface area contributed by atoms with Crippen molar-refractivity contribution in [2.45, 2.75) is 46.3 Å². The summed E-state index contributed by atoms with van der Waals surface area (Å²) in [4.78, 5) is 24.9. The molecule has 5 heteroatoms. The van der Waals surface area contributed by atoms with Crippen molar-refractivity contribution < 1.29 is 19.4 Å². The molecule has 0 aliphatic carbocycles. The molecule has 3 unspecified atom stereocenters. The standard InChI is InChI=1S/C13H23NO4/c1-5-8(2)10(4)12(15)14-6-9(3)18-11(7-14)13(16)17/h8-11H,5-7H2,1-4H3,(H,16,17)/t8?,9-,10?,11?/m1/s1. The maximum absolute atomic E-state index is 12.3. The maximum atomic E-state index is 12.3. The van der Waals surface area contributed by atoms with Gasteiger partial charge in [0.1, 0.15) is 0 Å². The van der Waals surface area contributed by atoms with Gasteiger partial charge in [-0.2, -0.15) is 0 Å². The van der Waals surface area contributed by atoms with E-state index in [0.717, 1.165) is 6.42 Å². The minimum Gasteiger partial charge on any atom is -0.479 e. The van der Waals surface area contributed by atoms with Gasteiger partial charge in [-0.25, -0.2) is 4.79 Å². The third-order valence-electron chi connectivity index (χ3n) is 3.73. The van der Waals surface area contributed by atoms with Crippen molar-refractivity contribution in [3.63, 3.8) is 0 Å². The predicted octanol–water partition coefficient (Wildman–Crippen LogP) is 1.37. The van der Waals surface area contributed by atoms with Crippen molar-refractivity contribution in [3.8, 4) is 0 Å². The van der Waals surface area contributed by atoms with Gasteiger partial charge in [-0.05, 0) is 12.8 Å². The molecule has 0 spiro atoms. The monoisotopic (exact) mass is 257 g/mol. The molecule has 0 bridgehead atoms. The van der Waals surface area contributed by atoms with Crippen LogP contribution in [0.5, 0.6) is 0 Å². The number of hydrogen-bond acceptors (Lipinski definition) is 3. The second kappa shape index (κ2) is 6.18. The molecule has 0 aromatic carbocycles. The van der Waals surface area contributed by atoms with Gasteiger partial charge in [0.05, 0.1) is 12.6 Å². The first-order valence-corrected chi connectivity index (χ1v) is 6.53. The van der Waals surface area contributed by atoms with E-state index in [9.17, 15) is 9.59 Å². The molecule has 1 aliphatic heterocycles. The second-order valence-corrected chi connectivity index (χ2v) is 5.19. The Balaban J connectivity index is 2.70. The van der Waals surface area contributed by atoms with Gasteiger partial charge in [-0.1, -0.05) is 27.2 Å².